The number of aromatic nitrogens is 1. The van der Waals surface area contributed by atoms with E-state index in [2.05, 4.69) is 34.4 Å². The Morgan fingerprint density at radius 2 is 1.82 bits per heavy atom. The van der Waals surface area contributed by atoms with Gasteiger partial charge < -0.3 is 35.2 Å². The van der Waals surface area contributed by atoms with Crippen LogP contribution in [0.25, 0.3) is 11.6 Å². The zero-order chi connectivity index (χ0) is 25.6. The smallest absolute Gasteiger partial charge is 0.358 e. The predicted molar refractivity (Wildman–Crippen MR) is 128 cm³/mol. The zero-order valence-corrected chi connectivity index (χ0v) is 20.4. The van der Waals surface area contributed by atoms with Crippen molar-refractivity contribution in [3.8, 4) is 0 Å². The standard InChI is InChI=1S/C22H27FN4O2.H3O4P/c1-5-27(6-2)10-9-24-22(29)20-13(3)19(25-14(20)4)12-17-16-11-15(23)7-8-18(16)26-21(17)28;1-5(2,3)4/h7-8,11-12,25H,5-6,9-10H2,1-4H3,(H,24,29)(H,26,28);(H3,1,2,3,4)/b17-12-;. The van der Waals surface area contributed by atoms with E-state index >= 15 is 0 Å². The van der Waals surface area contributed by atoms with Gasteiger partial charge >= 0.3 is 7.82 Å². The van der Waals surface area contributed by atoms with Gasteiger partial charge in [0.2, 0.25) is 0 Å². The zero-order valence-electron chi connectivity index (χ0n) is 19.5. The number of amides is 2. The molecule has 1 aromatic heterocycles. The fourth-order valence-electron chi connectivity index (χ4n) is 3.66. The van der Waals surface area contributed by atoms with Crippen molar-refractivity contribution in [2.24, 2.45) is 0 Å². The van der Waals surface area contributed by atoms with E-state index in [-0.39, 0.29) is 11.8 Å². The molecule has 186 valence electrons. The SMILES string of the molecule is CCN(CC)CCNC(=O)c1c(C)[nH]c(/C=C2\C(=O)Nc3ccc(F)cc32)c1C.O=P(O)(O)O. The summed E-state index contributed by atoms with van der Waals surface area (Å²) in [4.78, 5) is 52.0. The molecule has 0 radical (unpaired) electrons. The molecule has 2 aromatic rings. The maximum absolute atomic E-state index is 13.7. The summed E-state index contributed by atoms with van der Waals surface area (Å²) in [5.41, 5.74) is 4.20. The van der Waals surface area contributed by atoms with Gasteiger partial charge in [-0.05, 0) is 56.8 Å². The number of benzene rings is 1. The summed E-state index contributed by atoms with van der Waals surface area (Å²) in [5.74, 6) is -0.836. The maximum Gasteiger partial charge on any atom is 0.466 e. The molecular formula is C22H30FN4O6P. The molecule has 6 N–H and O–H groups in total. The van der Waals surface area contributed by atoms with Gasteiger partial charge in [0.25, 0.3) is 11.8 Å². The Morgan fingerprint density at radius 3 is 2.41 bits per heavy atom. The Labute approximate surface area is 197 Å². The summed E-state index contributed by atoms with van der Waals surface area (Å²) in [6.07, 6.45) is 1.68. The highest BCUT2D eigenvalue weighted by Gasteiger charge is 2.26. The van der Waals surface area contributed by atoms with Gasteiger partial charge in [0.15, 0.2) is 0 Å². The number of likely N-dealkylation sites (N-methyl/N-ethyl adjacent to an activating group) is 1. The van der Waals surface area contributed by atoms with E-state index in [0.29, 0.717) is 34.6 Å². The first-order valence-electron chi connectivity index (χ1n) is 10.7. The Hall–Kier alpha value is -2.82. The van der Waals surface area contributed by atoms with Crippen LogP contribution in [-0.2, 0) is 9.36 Å². The number of aromatic amines is 1. The van der Waals surface area contributed by atoms with Gasteiger partial charge in [-0.15, -0.1) is 0 Å². The molecule has 34 heavy (non-hydrogen) atoms. The first-order valence-corrected chi connectivity index (χ1v) is 12.2. The van der Waals surface area contributed by atoms with Crippen molar-refractivity contribution >= 4 is 37.0 Å². The Kier molecular flexibility index (Phi) is 9.31. The van der Waals surface area contributed by atoms with Crippen molar-refractivity contribution in [1.29, 1.82) is 0 Å². The van der Waals surface area contributed by atoms with Gasteiger partial charge in [0, 0.05) is 35.7 Å². The number of phosphoric acid groups is 1. The lowest BCUT2D eigenvalue weighted by Gasteiger charge is -2.18. The van der Waals surface area contributed by atoms with Gasteiger partial charge in [-0.1, -0.05) is 13.8 Å². The molecule has 10 nitrogen and oxygen atoms in total. The first kappa shape index (κ1) is 27.4. The number of rotatable bonds is 7. The number of carbonyl (C=O) groups is 2. The van der Waals surface area contributed by atoms with Crippen LogP contribution in [0.15, 0.2) is 18.2 Å². The third-order valence-electron chi connectivity index (χ3n) is 5.36. The van der Waals surface area contributed by atoms with Crippen LogP contribution in [0.3, 0.4) is 0 Å². The number of anilines is 1. The molecule has 1 aliphatic heterocycles. The van der Waals surface area contributed by atoms with Crippen molar-refractivity contribution in [2.75, 3.05) is 31.5 Å². The van der Waals surface area contributed by atoms with E-state index in [1.807, 2.05) is 13.8 Å². The fraction of sp³-hybridized carbons (Fsp3) is 0.364. The van der Waals surface area contributed by atoms with Crippen LogP contribution < -0.4 is 10.6 Å². The highest BCUT2D eigenvalue weighted by atomic mass is 31.2. The number of halogens is 1. The number of aryl methyl sites for hydroxylation is 1. The van der Waals surface area contributed by atoms with Gasteiger partial charge in [-0.25, -0.2) is 8.96 Å². The molecule has 1 aromatic carbocycles. The quantitative estimate of drug-likeness (QED) is 0.254. The molecule has 2 amide bonds. The van der Waals surface area contributed by atoms with Crippen LogP contribution in [-0.4, -0.2) is 62.6 Å². The molecular weight excluding hydrogens is 466 g/mol. The number of nitrogens with zero attached hydrogens (tertiary/aromatic N) is 1. The van der Waals surface area contributed by atoms with Crippen molar-refractivity contribution in [3.05, 3.63) is 52.1 Å². The maximum atomic E-state index is 13.7. The number of hydrogen-bond donors (Lipinski definition) is 6. The van der Waals surface area contributed by atoms with E-state index in [9.17, 15) is 14.0 Å². The monoisotopic (exact) mass is 496 g/mol. The van der Waals surface area contributed by atoms with Crippen LogP contribution in [0, 0.1) is 19.7 Å². The molecule has 0 fully saturated rings. The van der Waals surface area contributed by atoms with Crippen LogP contribution in [0.2, 0.25) is 0 Å². The number of nitrogens with one attached hydrogen (secondary N) is 3. The molecule has 3 rings (SSSR count). The minimum Gasteiger partial charge on any atom is -0.358 e. The summed E-state index contributed by atoms with van der Waals surface area (Å²) in [5, 5.41) is 5.70. The number of carbonyl (C=O) groups excluding carboxylic acids is 2. The minimum absolute atomic E-state index is 0.143. The number of H-pyrrole nitrogens is 1. The molecule has 0 unspecified atom stereocenters. The van der Waals surface area contributed by atoms with E-state index in [4.69, 9.17) is 19.2 Å². The van der Waals surface area contributed by atoms with Crippen molar-refractivity contribution < 1.29 is 33.2 Å². The molecule has 1 aliphatic rings. The van der Waals surface area contributed by atoms with Crippen LogP contribution in [0.4, 0.5) is 10.1 Å². The summed E-state index contributed by atoms with van der Waals surface area (Å²) in [7, 11) is -4.64. The summed E-state index contributed by atoms with van der Waals surface area (Å²) < 4.78 is 22.5. The molecule has 0 saturated carbocycles. The Balaban J connectivity index is 0.000000739. The minimum atomic E-state index is -4.64. The average Bonchev–Trinajstić information content (AvgIpc) is 3.19. The van der Waals surface area contributed by atoms with Crippen molar-refractivity contribution in [1.82, 2.24) is 15.2 Å². The predicted octanol–water partition coefficient (Wildman–Crippen LogP) is 2.41. The second-order valence-electron chi connectivity index (χ2n) is 7.66. The fourth-order valence-corrected chi connectivity index (χ4v) is 3.66. The molecule has 0 saturated heterocycles. The lowest BCUT2D eigenvalue weighted by molar-refractivity contribution is -0.110. The second-order valence-corrected chi connectivity index (χ2v) is 8.69. The summed E-state index contributed by atoms with van der Waals surface area (Å²) in [6.45, 7) is 11.1. The van der Waals surface area contributed by atoms with Gasteiger partial charge in [-0.2, -0.15) is 0 Å². The van der Waals surface area contributed by atoms with Gasteiger partial charge in [-0.3, -0.25) is 9.59 Å². The lowest BCUT2D eigenvalue weighted by Crippen LogP contribution is -2.35. The molecule has 12 heteroatoms. The Bertz CT molecular complexity index is 1130. The van der Waals surface area contributed by atoms with E-state index in [1.54, 1.807) is 12.1 Å². The van der Waals surface area contributed by atoms with Crippen LogP contribution in [0.5, 0.6) is 0 Å². The van der Waals surface area contributed by atoms with E-state index in [0.717, 1.165) is 30.9 Å². The van der Waals surface area contributed by atoms with Crippen LogP contribution >= 0.6 is 7.82 Å². The molecule has 2 heterocycles. The third kappa shape index (κ3) is 7.34. The van der Waals surface area contributed by atoms with Gasteiger partial charge in [0.05, 0.1) is 11.1 Å². The van der Waals surface area contributed by atoms with E-state index in [1.165, 1.54) is 12.1 Å². The highest BCUT2D eigenvalue weighted by Crippen LogP contribution is 2.34. The van der Waals surface area contributed by atoms with Gasteiger partial charge in [0.1, 0.15) is 5.82 Å². The summed E-state index contributed by atoms with van der Waals surface area (Å²) >= 11 is 0. The topological polar surface area (TPSA) is 155 Å². The average molecular weight is 496 g/mol. The van der Waals surface area contributed by atoms with Crippen molar-refractivity contribution in [3.63, 3.8) is 0 Å². The molecule has 0 atom stereocenters. The van der Waals surface area contributed by atoms with Crippen LogP contribution in [0.1, 0.15) is 46.7 Å². The summed E-state index contributed by atoms with van der Waals surface area (Å²) in [6, 6.07) is 4.20. The highest BCUT2D eigenvalue weighted by molar-refractivity contribution is 7.45. The lowest BCUT2D eigenvalue weighted by atomic mass is 10.0. The largest absolute Gasteiger partial charge is 0.466 e. The number of fused-ring (bicyclic) bond motifs is 1. The molecule has 0 bridgehead atoms. The molecule has 0 spiro atoms. The third-order valence-corrected chi connectivity index (χ3v) is 5.36. The second kappa shape index (κ2) is 11.5. The normalized spacial score (nSPS) is 14.0. The first-order chi connectivity index (χ1) is 15.8. The van der Waals surface area contributed by atoms with Crippen molar-refractivity contribution in [2.45, 2.75) is 27.7 Å². The Morgan fingerprint density at radius 1 is 1.21 bits per heavy atom. The molecule has 0 aliphatic carbocycles. The van der Waals surface area contributed by atoms with E-state index < -0.39 is 13.6 Å². The number of hydrogen-bond acceptors (Lipinski definition) is 4.